The number of fused-ring (bicyclic) bond motifs is 4. The monoisotopic (exact) mass is 658 g/mol. The molecule has 0 aliphatic heterocycles. The third-order valence-corrected chi connectivity index (χ3v) is 8.14. The van der Waals surface area contributed by atoms with Crippen LogP contribution in [0, 0.1) is 13.8 Å². The molecule has 0 amide bonds. The molecule has 0 heterocycles. The maximum atomic E-state index is 2.28. The maximum absolute atomic E-state index is 2.28. The predicted molar refractivity (Wildman–Crippen MR) is 192 cm³/mol. The molecule has 212 valence electrons. The van der Waals surface area contributed by atoms with Gasteiger partial charge in [-0.05, 0) is 46.5 Å². The number of hydrogen-bond acceptors (Lipinski definition) is 0. The van der Waals surface area contributed by atoms with Crippen molar-refractivity contribution < 1.29 is 26.2 Å². The van der Waals surface area contributed by atoms with Gasteiger partial charge in [-0.1, -0.05) is 133 Å². The summed E-state index contributed by atoms with van der Waals surface area (Å²) in [7, 11) is 1.08. The fourth-order valence-electron chi connectivity index (χ4n) is 6.01. The van der Waals surface area contributed by atoms with Gasteiger partial charge in [0.2, 0.25) is 0 Å². The number of rotatable bonds is 2. The van der Waals surface area contributed by atoms with Crippen molar-refractivity contribution in [3.63, 3.8) is 0 Å². The van der Waals surface area contributed by atoms with E-state index in [1.54, 1.807) is 0 Å². The van der Waals surface area contributed by atoms with Gasteiger partial charge in [0, 0.05) is 9.52 Å². The summed E-state index contributed by atoms with van der Waals surface area (Å²) in [5, 5.41) is 10.6. The standard InChI is InChI=1S/2C20H15.C2H6Si.Zr/c2*1-14-10-11-19(20-9-5-4-8-18(14)20)17-12-15-6-2-3-7-16(15)13-17;1-3-2;/h2*2-13H,1H3;1-2H3;/q2*-1;;+2. The van der Waals surface area contributed by atoms with Crippen molar-refractivity contribution in [2.75, 3.05) is 0 Å². The Morgan fingerprint density at radius 3 is 1.16 bits per heavy atom. The molecule has 0 atom stereocenters. The molecule has 0 bridgehead atoms. The third-order valence-electron chi connectivity index (χ3n) is 8.14. The van der Waals surface area contributed by atoms with Crippen molar-refractivity contribution >= 4 is 52.6 Å². The number of hydrogen-bond donors (Lipinski definition) is 0. The van der Waals surface area contributed by atoms with Gasteiger partial charge in [0.25, 0.3) is 0 Å². The van der Waals surface area contributed by atoms with Crippen LogP contribution in [0.25, 0.3) is 65.3 Å². The zero-order valence-electron chi connectivity index (χ0n) is 25.9. The first-order chi connectivity index (χ1) is 21.1. The Balaban J connectivity index is 0.000000157. The van der Waals surface area contributed by atoms with Crippen molar-refractivity contribution in [1.82, 2.24) is 0 Å². The van der Waals surface area contributed by atoms with Crippen LogP contribution in [-0.2, 0) is 26.2 Å². The van der Waals surface area contributed by atoms with E-state index >= 15 is 0 Å². The molecule has 0 aliphatic rings. The normalized spacial score (nSPS) is 10.6. The minimum atomic E-state index is 0. The zero-order chi connectivity index (χ0) is 29.8. The smallest absolute Gasteiger partial charge is 0.145 e. The molecule has 44 heavy (non-hydrogen) atoms. The molecule has 0 spiro atoms. The maximum Gasteiger partial charge on any atom is 2.00 e. The van der Waals surface area contributed by atoms with E-state index in [4.69, 9.17) is 0 Å². The van der Waals surface area contributed by atoms with Crippen LogP contribution < -0.4 is 0 Å². The second-order valence-corrected chi connectivity index (χ2v) is 12.2. The van der Waals surface area contributed by atoms with Gasteiger partial charge in [-0.3, -0.25) is 0 Å². The van der Waals surface area contributed by atoms with Crippen molar-refractivity contribution in [3.05, 3.63) is 157 Å². The summed E-state index contributed by atoms with van der Waals surface area (Å²) in [5.41, 5.74) is 7.93. The molecule has 0 saturated carbocycles. The summed E-state index contributed by atoms with van der Waals surface area (Å²) in [6.07, 6.45) is 0. The Hall–Kier alpha value is -3.84. The van der Waals surface area contributed by atoms with Crippen LogP contribution in [0.5, 0.6) is 0 Å². The van der Waals surface area contributed by atoms with Gasteiger partial charge in [0.1, 0.15) is 0 Å². The second kappa shape index (κ2) is 14.3. The van der Waals surface area contributed by atoms with E-state index in [-0.39, 0.29) is 26.2 Å². The molecule has 2 heteroatoms. The molecule has 8 aromatic rings. The Kier molecular flexibility index (Phi) is 10.3. The van der Waals surface area contributed by atoms with Crippen molar-refractivity contribution in [3.8, 4) is 22.3 Å². The van der Waals surface area contributed by atoms with E-state index in [2.05, 4.69) is 173 Å². The van der Waals surface area contributed by atoms with Crippen molar-refractivity contribution in [2.45, 2.75) is 26.9 Å². The van der Waals surface area contributed by atoms with Crippen LogP contribution in [0.1, 0.15) is 11.1 Å². The van der Waals surface area contributed by atoms with Gasteiger partial charge in [0.05, 0.1) is 0 Å². The van der Waals surface area contributed by atoms with Gasteiger partial charge in [-0.25, -0.2) is 0 Å². The topological polar surface area (TPSA) is 0 Å². The molecule has 8 rings (SSSR count). The summed E-state index contributed by atoms with van der Waals surface area (Å²) in [6.45, 7) is 8.65. The van der Waals surface area contributed by atoms with E-state index in [1.807, 2.05) is 0 Å². The number of benzene rings is 6. The Morgan fingerprint density at radius 2 is 0.773 bits per heavy atom. The largest absolute Gasteiger partial charge is 2.00 e. The molecule has 0 saturated heterocycles. The SMILES string of the molecule is C[Si]C.Cc1ccc(-c2cc3ccccc3[cH-]2)c2ccccc12.Cc1ccc(-c2cc3ccccc3[cH-]2)c2ccccc12.[Zr+2]. The van der Waals surface area contributed by atoms with Crippen LogP contribution in [0.15, 0.2) is 146 Å². The second-order valence-electron chi connectivity index (χ2n) is 11.2. The minimum absolute atomic E-state index is 0. The average molecular weight is 660 g/mol. The van der Waals surface area contributed by atoms with Crippen molar-refractivity contribution in [1.29, 1.82) is 0 Å². The average Bonchev–Trinajstić information content (AvgIpc) is 3.67. The summed E-state index contributed by atoms with van der Waals surface area (Å²) in [6, 6.07) is 52.5. The first-order valence-corrected chi connectivity index (χ1v) is 16.9. The van der Waals surface area contributed by atoms with Crippen LogP contribution in [0.4, 0.5) is 0 Å². The number of aryl methyl sites for hydroxylation is 2. The van der Waals surface area contributed by atoms with E-state index in [0.29, 0.717) is 0 Å². The molecular weight excluding hydrogens is 624 g/mol. The summed E-state index contributed by atoms with van der Waals surface area (Å²) < 4.78 is 0. The van der Waals surface area contributed by atoms with Crippen LogP contribution in [0.3, 0.4) is 0 Å². The molecule has 0 fully saturated rings. The van der Waals surface area contributed by atoms with E-state index in [9.17, 15) is 0 Å². The Morgan fingerprint density at radius 1 is 0.432 bits per heavy atom. The quantitative estimate of drug-likeness (QED) is 0.128. The van der Waals surface area contributed by atoms with Gasteiger partial charge in [0.15, 0.2) is 0 Å². The van der Waals surface area contributed by atoms with Crippen LogP contribution in [0.2, 0.25) is 13.1 Å². The molecule has 0 aromatic heterocycles. The molecule has 0 aliphatic carbocycles. The van der Waals surface area contributed by atoms with Crippen LogP contribution >= 0.6 is 0 Å². The fraction of sp³-hybridized carbons (Fsp3) is 0.0952. The van der Waals surface area contributed by atoms with E-state index < -0.39 is 0 Å². The first kappa shape index (κ1) is 31.6. The molecule has 0 nitrogen and oxygen atoms in total. The Labute approximate surface area is 283 Å². The summed E-state index contributed by atoms with van der Waals surface area (Å²) in [5.74, 6) is 0. The van der Waals surface area contributed by atoms with E-state index in [1.165, 1.54) is 76.5 Å². The molecule has 8 aromatic carbocycles. The van der Waals surface area contributed by atoms with Gasteiger partial charge >= 0.3 is 26.2 Å². The van der Waals surface area contributed by atoms with E-state index in [0.717, 1.165) is 9.52 Å². The zero-order valence-corrected chi connectivity index (χ0v) is 29.3. The Bertz CT molecular complexity index is 1940. The minimum Gasteiger partial charge on any atom is -0.145 e. The van der Waals surface area contributed by atoms with Gasteiger partial charge in [-0.15, -0.1) is 69.1 Å². The van der Waals surface area contributed by atoms with Gasteiger partial charge in [-0.2, -0.15) is 0 Å². The predicted octanol–water partition coefficient (Wildman–Crippen LogP) is 12.2. The summed E-state index contributed by atoms with van der Waals surface area (Å²) in [4.78, 5) is 0. The third kappa shape index (κ3) is 6.48. The van der Waals surface area contributed by atoms with Crippen molar-refractivity contribution in [2.24, 2.45) is 0 Å². The molecule has 0 N–H and O–H groups in total. The summed E-state index contributed by atoms with van der Waals surface area (Å²) >= 11 is 0. The first-order valence-electron chi connectivity index (χ1n) is 14.9. The fourth-order valence-corrected chi connectivity index (χ4v) is 6.01. The van der Waals surface area contributed by atoms with Crippen LogP contribution in [-0.4, -0.2) is 9.52 Å². The molecule has 2 radical (unpaired) electrons. The molecular formula is C42H36SiZr. The van der Waals surface area contributed by atoms with Gasteiger partial charge < -0.3 is 0 Å². The molecule has 0 unspecified atom stereocenters.